The molecule has 2 atom stereocenters. The maximum Gasteiger partial charge on any atom is 0.255 e. The summed E-state index contributed by atoms with van der Waals surface area (Å²) in [5.74, 6) is -0.618. The number of piperidine rings is 1. The first-order valence-corrected chi connectivity index (χ1v) is 11.3. The van der Waals surface area contributed by atoms with Crippen LogP contribution in [0.4, 0.5) is 0 Å². The van der Waals surface area contributed by atoms with E-state index in [1.807, 2.05) is 24.3 Å². The van der Waals surface area contributed by atoms with Gasteiger partial charge in [-0.3, -0.25) is 14.4 Å². The number of carbonyl (C=O) groups excluding carboxylic acids is 3. The molecule has 2 unspecified atom stereocenters. The summed E-state index contributed by atoms with van der Waals surface area (Å²) >= 11 is 0. The smallest absolute Gasteiger partial charge is 0.255 e. The van der Waals surface area contributed by atoms with Crippen LogP contribution in [0.1, 0.15) is 42.6 Å². The van der Waals surface area contributed by atoms with Crippen molar-refractivity contribution in [3.8, 4) is 5.75 Å². The van der Waals surface area contributed by atoms with Crippen LogP contribution >= 0.6 is 0 Å². The number of ether oxygens (including phenoxy) is 2. The Hall–Kier alpha value is -3.65. The van der Waals surface area contributed by atoms with E-state index < -0.39 is 18.5 Å². The van der Waals surface area contributed by atoms with Crippen LogP contribution in [0.15, 0.2) is 54.7 Å². The van der Waals surface area contributed by atoms with E-state index in [1.54, 1.807) is 4.90 Å². The number of nitrogens with one attached hydrogen (secondary N) is 1. The van der Waals surface area contributed by atoms with Gasteiger partial charge in [0.25, 0.3) is 5.91 Å². The van der Waals surface area contributed by atoms with E-state index in [-0.39, 0.29) is 42.4 Å². The third-order valence-corrected chi connectivity index (χ3v) is 6.25. The van der Waals surface area contributed by atoms with Crippen molar-refractivity contribution in [2.24, 2.45) is 0 Å². The van der Waals surface area contributed by atoms with Crippen LogP contribution < -0.4 is 10.1 Å². The van der Waals surface area contributed by atoms with E-state index in [1.165, 1.54) is 17.0 Å². The van der Waals surface area contributed by atoms with E-state index in [0.717, 1.165) is 11.1 Å². The number of hydrogen-bond acceptors (Lipinski definition) is 5. The summed E-state index contributed by atoms with van der Waals surface area (Å²) in [5, 5.41) is 2.67. The van der Waals surface area contributed by atoms with Crippen molar-refractivity contribution < 1.29 is 26.6 Å². The van der Waals surface area contributed by atoms with Gasteiger partial charge in [0, 0.05) is 29.9 Å². The molecule has 2 fully saturated rings. The largest absolute Gasteiger partial charge is 0.489 e. The van der Waals surface area contributed by atoms with Crippen LogP contribution in [-0.4, -0.2) is 53.3 Å². The minimum atomic E-state index is -1.15. The van der Waals surface area contributed by atoms with Crippen LogP contribution in [0.25, 0.3) is 0 Å². The van der Waals surface area contributed by atoms with Crippen LogP contribution in [0, 0.1) is 0 Å². The lowest BCUT2D eigenvalue weighted by molar-refractivity contribution is -0.143. The van der Waals surface area contributed by atoms with Crippen molar-refractivity contribution in [3.63, 3.8) is 0 Å². The van der Waals surface area contributed by atoms with Crippen LogP contribution in [0.3, 0.4) is 0 Å². The highest BCUT2D eigenvalue weighted by Gasteiger charge is 2.39. The summed E-state index contributed by atoms with van der Waals surface area (Å²) in [4.78, 5) is 40.6. The Bertz CT molecular complexity index is 1230. The van der Waals surface area contributed by atoms with Crippen molar-refractivity contribution in [2.45, 2.75) is 38.6 Å². The standard InChI is InChI=1S/C26H27N3O5/c1-17-5-10-22(25(31)27-17)29-14-21-20(26(29)32)3-2-4-23(21)34-15-19-8-6-18(7-9-19)13-28-11-12-33-16-24(28)30/h2-4,6-9,22H,1,5,10-16H2,(H,27,31)/i4D,14D. The van der Waals surface area contributed by atoms with Crippen LogP contribution in [0.2, 0.25) is 0 Å². The number of hydrogen-bond donors (Lipinski definition) is 1. The van der Waals surface area contributed by atoms with E-state index in [4.69, 9.17) is 12.2 Å². The number of benzene rings is 2. The third-order valence-electron chi connectivity index (χ3n) is 6.25. The molecule has 0 bridgehead atoms. The SMILES string of the molecule is [2H]c1ccc2c(c1OCc1ccc(CN3CCOCC3=O)cc1)C([2H])N(C1CCC(=C)NC1=O)C2=O. The van der Waals surface area contributed by atoms with Gasteiger partial charge < -0.3 is 24.6 Å². The topological polar surface area (TPSA) is 88.2 Å². The molecule has 0 aliphatic carbocycles. The number of morpholine rings is 1. The highest BCUT2D eigenvalue weighted by Crippen LogP contribution is 2.34. The number of carbonyl (C=O) groups is 3. The highest BCUT2D eigenvalue weighted by atomic mass is 16.5. The second-order valence-corrected chi connectivity index (χ2v) is 8.60. The van der Waals surface area contributed by atoms with Gasteiger partial charge in [-0.15, -0.1) is 0 Å². The zero-order chi connectivity index (χ0) is 25.4. The molecule has 8 heteroatoms. The van der Waals surface area contributed by atoms with E-state index >= 15 is 0 Å². The molecule has 2 aromatic carbocycles. The Morgan fingerprint density at radius 1 is 1.21 bits per heavy atom. The Morgan fingerprint density at radius 3 is 2.76 bits per heavy atom. The van der Waals surface area contributed by atoms with Crippen molar-refractivity contribution >= 4 is 17.7 Å². The van der Waals surface area contributed by atoms with Gasteiger partial charge in [-0.05, 0) is 36.1 Å². The second kappa shape index (κ2) is 9.30. The maximum absolute atomic E-state index is 13.1. The summed E-state index contributed by atoms with van der Waals surface area (Å²) < 4.78 is 28.3. The van der Waals surface area contributed by atoms with E-state index in [0.29, 0.717) is 43.8 Å². The molecule has 8 nitrogen and oxygen atoms in total. The summed E-state index contributed by atoms with van der Waals surface area (Å²) in [6.45, 7) is 4.48. The summed E-state index contributed by atoms with van der Waals surface area (Å²) in [6.07, 6.45) is 0.929. The molecule has 3 aliphatic heterocycles. The lowest BCUT2D eigenvalue weighted by Gasteiger charge is -2.31. The Balaban J connectivity index is 1.30. The first-order chi connectivity index (χ1) is 17.3. The van der Waals surface area contributed by atoms with Crippen molar-refractivity contribution in [2.75, 3.05) is 19.8 Å². The molecule has 3 amide bonds. The second-order valence-electron chi connectivity index (χ2n) is 8.60. The minimum absolute atomic E-state index is 0.0289. The molecular formula is C26H27N3O5. The van der Waals surface area contributed by atoms with Crippen LogP contribution in [-0.2, 0) is 34.0 Å². The van der Waals surface area contributed by atoms with Crippen molar-refractivity contribution in [3.05, 3.63) is 77.0 Å². The lowest BCUT2D eigenvalue weighted by Crippen LogP contribution is -2.49. The summed E-state index contributed by atoms with van der Waals surface area (Å²) in [5.41, 5.74) is 3.02. The van der Waals surface area contributed by atoms with Gasteiger partial charge in [-0.1, -0.05) is 36.9 Å². The third kappa shape index (κ3) is 4.41. The molecule has 176 valence electrons. The summed E-state index contributed by atoms with van der Waals surface area (Å²) in [7, 11) is 0. The molecule has 5 rings (SSSR count). The molecule has 0 aromatic heterocycles. The number of rotatable bonds is 6. The molecule has 2 aromatic rings. The fourth-order valence-corrected chi connectivity index (χ4v) is 4.35. The molecule has 1 N–H and O–H groups in total. The molecule has 0 radical (unpaired) electrons. The zero-order valence-electron chi connectivity index (χ0n) is 20.7. The first-order valence-electron chi connectivity index (χ1n) is 12.3. The number of allylic oxidation sites excluding steroid dienone is 1. The molecular weight excluding hydrogens is 434 g/mol. The molecule has 2 saturated heterocycles. The van der Waals surface area contributed by atoms with Gasteiger partial charge >= 0.3 is 0 Å². The zero-order valence-corrected chi connectivity index (χ0v) is 18.7. The number of nitrogens with zero attached hydrogens (tertiary/aromatic N) is 2. The average Bonchev–Trinajstić information content (AvgIpc) is 3.11. The Labute approximate surface area is 200 Å². The molecule has 0 spiro atoms. The summed E-state index contributed by atoms with van der Waals surface area (Å²) in [6, 6.07) is 9.93. The Kier molecular flexibility index (Phi) is 5.42. The van der Waals surface area contributed by atoms with Gasteiger partial charge in [0.05, 0.1) is 15.9 Å². The predicted octanol–water partition coefficient (Wildman–Crippen LogP) is 2.37. The minimum Gasteiger partial charge on any atom is -0.489 e. The van der Waals surface area contributed by atoms with Crippen molar-refractivity contribution in [1.29, 1.82) is 0 Å². The fraction of sp³-hybridized carbons (Fsp3) is 0.346. The first kappa shape index (κ1) is 19.8. The number of fused-ring (bicyclic) bond motifs is 1. The van der Waals surface area contributed by atoms with Gasteiger partial charge in [0.2, 0.25) is 11.8 Å². The fourth-order valence-electron chi connectivity index (χ4n) is 4.35. The molecule has 34 heavy (non-hydrogen) atoms. The number of amides is 3. The molecule has 3 heterocycles. The predicted molar refractivity (Wildman–Crippen MR) is 124 cm³/mol. The Morgan fingerprint density at radius 2 is 2.00 bits per heavy atom. The average molecular weight is 464 g/mol. The van der Waals surface area contributed by atoms with E-state index in [9.17, 15) is 14.4 Å². The van der Waals surface area contributed by atoms with Gasteiger partial charge in [0.1, 0.15) is 25.0 Å². The monoisotopic (exact) mass is 463 g/mol. The van der Waals surface area contributed by atoms with Gasteiger partial charge in [0.15, 0.2) is 0 Å². The maximum atomic E-state index is 13.1. The quantitative estimate of drug-likeness (QED) is 0.711. The van der Waals surface area contributed by atoms with E-state index in [2.05, 4.69) is 11.9 Å². The highest BCUT2D eigenvalue weighted by molar-refractivity contribution is 6.02. The molecule has 3 aliphatic rings. The normalized spacial score (nSPS) is 23.4. The molecule has 0 saturated carbocycles. The van der Waals surface area contributed by atoms with Gasteiger partial charge in [-0.2, -0.15) is 0 Å². The van der Waals surface area contributed by atoms with Crippen LogP contribution in [0.5, 0.6) is 5.75 Å². The van der Waals surface area contributed by atoms with Crippen molar-refractivity contribution in [1.82, 2.24) is 15.1 Å². The lowest BCUT2D eigenvalue weighted by atomic mass is 10.0. The van der Waals surface area contributed by atoms with Gasteiger partial charge in [-0.25, -0.2) is 0 Å².